The second kappa shape index (κ2) is 4.73. The van der Waals surface area contributed by atoms with Crippen LogP contribution in [-0.2, 0) is 4.79 Å². The minimum atomic E-state index is -0.141. The lowest BCUT2D eigenvalue weighted by Crippen LogP contribution is -2.25. The van der Waals surface area contributed by atoms with Crippen LogP contribution in [0.4, 0.5) is 5.69 Å². The monoisotopic (exact) mass is 297 g/mol. The van der Waals surface area contributed by atoms with Crippen molar-refractivity contribution in [3.05, 3.63) is 34.3 Å². The fourth-order valence-electron chi connectivity index (χ4n) is 2.97. The van der Waals surface area contributed by atoms with Crippen molar-refractivity contribution < 1.29 is 9.90 Å². The van der Waals surface area contributed by atoms with Crippen molar-refractivity contribution in [1.82, 2.24) is 0 Å². The van der Waals surface area contributed by atoms with Gasteiger partial charge in [-0.1, -0.05) is 35.4 Å². The first-order valence-electron chi connectivity index (χ1n) is 6.22. The van der Waals surface area contributed by atoms with Crippen molar-refractivity contribution in [1.29, 1.82) is 0 Å². The number of hydrogen-bond acceptors (Lipinski definition) is 2. The predicted molar refractivity (Wildman–Crippen MR) is 75.6 cm³/mol. The van der Waals surface area contributed by atoms with Gasteiger partial charge in [0.15, 0.2) is 5.75 Å². The van der Waals surface area contributed by atoms with Crippen molar-refractivity contribution in [3.8, 4) is 5.75 Å². The molecular formula is C14H13Cl2NO2. The number of amides is 1. The number of carbonyl (C=O) groups is 1. The molecule has 0 radical (unpaired) electrons. The smallest absolute Gasteiger partial charge is 0.228 e. The van der Waals surface area contributed by atoms with Crippen LogP contribution in [0.25, 0.3) is 0 Å². The Labute approximate surface area is 121 Å². The van der Waals surface area contributed by atoms with Gasteiger partial charge in [0, 0.05) is 10.9 Å². The normalized spacial score (nSPS) is 27.8. The minimum Gasteiger partial charge on any atom is -0.504 e. The van der Waals surface area contributed by atoms with E-state index in [-0.39, 0.29) is 28.3 Å². The molecule has 2 bridgehead atoms. The minimum absolute atomic E-state index is 0.0212. The average molecular weight is 298 g/mol. The van der Waals surface area contributed by atoms with Crippen LogP contribution >= 0.6 is 23.2 Å². The molecule has 3 unspecified atom stereocenters. The molecule has 2 aliphatic rings. The van der Waals surface area contributed by atoms with Crippen molar-refractivity contribution in [2.75, 3.05) is 5.32 Å². The van der Waals surface area contributed by atoms with Gasteiger partial charge in [-0.2, -0.15) is 0 Å². The number of carbonyl (C=O) groups excluding carboxylic acids is 1. The summed E-state index contributed by atoms with van der Waals surface area (Å²) in [7, 11) is 0. The molecular weight excluding hydrogens is 285 g/mol. The van der Waals surface area contributed by atoms with Gasteiger partial charge in [-0.15, -0.1) is 0 Å². The highest BCUT2D eigenvalue weighted by Gasteiger charge is 2.39. The third kappa shape index (κ3) is 2.33. The van der Waals surface area contributed by atoms with E-state index in [9.17, 15) is 9.90 Å². The van der Waals surface area contributed by atoms with Crippen LogP contribution in [0.2, 0.25) is 10.0 Å². The number of phenols is 1. The van der Waals surface area contributed by atoms with E-state index in [1.54, 1.807) is 0 Å². The SMILES string of the molecule is O=C(Nc1cc(Cl)cc(Cl)c1O)C1CC2C=CC1C2. The first-order valence-corrected chi connectivity index (χ1v) is 6.97. The van der Waals surface area contributed by atoms with Crippen LogP contribution in [0, 0.1) is 17.8 Å². The van der Waals surface area contributed by atoms with E-state index in [4.69, 9.17) is 23.2 Å². The number of aromatic hydroxyl groups is 1. The van der Waals surface area contributed by atoms with E-state index in [0.29, 0.717) is 16.9 Å². The van der Waals surface area contributed by atoms with Crippen LogP contribution in [0.15, 0.2) is 24.3 Å². The summed E-state index contributed by atoms with van der Waals surface area (Å²) in [6, 6.07) is 2.94. The largest absolute Gasteiger partial charge is 0.504 e. The molecule has 2 N–H and O–H groups in total. The lowest BCUT2D eigenvalue weighted by Gasteiger charge is -2.18. The number of allylic oxidation sites excluding steroid dienone is 2. The quantitative estimate of drug-likeness (QED) is 0.643. The van der Waals surface area contributed by atoms with E-state index in [2.05, 4.69) is 17.5 Å². The van der Waals surface area contributed by atoms with Gasteiger partial charge in [-0.25, -0.2) is 0 Å². The zero-order valence-corrected chi connectivity index (χ0v) is 11.6. The van der Waals surface area contributed by atoms with E-state index in [0.717, 1.165) is 12.8 Å². The zero-order chi connectivity index (χ0) is 13.6. The summed E-state index contributed by atoms with van der Waals surface area (Å²) >= 11 is 11.7. The van der Waals surface area contributed by atoms with Crippen LogP contribution in [0.3, 0.4) is 0 Å². The molecule has 0 saturated heterocycles. The summed E-state index contributed by atoms with van der Waals surface area (Å²) in [5, 5.41) is 13.1. The zero-order valence-electron chi connectivity index (χ0n) is 10.1. The Balaban J connectivity index is 1.78. The summed E-state index contributed by atoms with van der Waals surface area (Å²) in [6.45, 7) is 0. The summed E-state index contributed by atoms with van der Waals surface area (Å²) in [5.74, 6) is 0.606. The maximum absolute atomic E-state index is 12.2. The lowest BCUT2D eigenvalue weighted by atomic mass is 9.93. The number of anilines is 1. The van der Waals surface area contributed by atoms with Gasteiger partial charge < -0.3 is 10.4 Å². The number of hydrogen-bond donors (Lipinski definition) is 2. The molecule has 1 aromatic carbocycles. The molecule has 0 aromatic heterocycles. The highest BCUT2D eigenvalue weighted by atomic mass is 35.5. The summed E-state index contributed by atoms with van der Waals surface area (Å²) in [5.41, 5.74) is 0.272. The van der Waals surface area contributed by atoms with E-state index in [1.165, 1.54) is 12.1 Å². The molecule has 0 spiro atoms. The van der Waals surface area contributed by atoms with Crippen LogP contribution in [0.1, 0.15) is 12.8 Å². The van der Waals surface area contributed by atoms with Crippen molar-refractivity contribution in [2.45, 2.75) is 12.8 Å². The third-order valence-electron chi connectivity index (χ3n) is 3.90. The number of rotatable bonds is 2. The highest BCUT2D eigenvalue weighted by molar-refractivity contribution is 6.36. The number of phenolic OH excluding ortho intramolecular Hbond substituents is 1. The Hall–Kier alpha value is -1.19. The molecule has 3 nitrogen and oxygen atoms in total. The molecule has 0 aliphatic heterocycles. The Morgan fingerprint density at radius 3 is 2.68 bits per heavy atom. The van der Waals surface area contributed by atoms with Crippen molar-refractivity contribution in [2.24, 2.45) is 17.8 Å². The molecule has 1 aromatic rings. The molecule has 5 heteroatoms. The maximum atomic E-state index is 12.2. The van der Waals surface area contributed by atoms with Crippen molar-refractivity contribution >= 4 is 34.8 Å². The Morgan fingerprint density at radius 2 is 2.05 bits per heavy atom. The van der Waals surface area contributed by atoms with Gasteiger partial charge in [-0.05, 0) is 36.8 Å². The summed E-state index contributed by atoms with van der Waals surface area (Å²) in [4.78, 5) is 12.2. The first kappa shape index (κ1) is 12.8. The fraction of sp³-hybridized carbons (Fsp3) is 0.357. The van der Waals surface area contributed by atoms with Gasteiger partial charge in [0.05, 0.1) is 10.7 Å². The second-order valence-electron chi connectivity index (χ2n) is 5.16. The molecule has 100 valence electrons. The molecule has 3 rings (SSSR count). The third-order valence-corrected chi connectivity index (χ3v) is 4.41. The first-order chi connectivity index (χ1) is 9.04. The average Bonchev–Trinajstić information content (AvgIpc) is 2.97. The molecule has 1 amide bonds. The Bertz CT molecular complexity index is 571. The topological polar surface area (TPSA) is 49.3 Å². The highest BCUT2D eigenvalue weighted by Crippen LogP contribution is 2.44. The van der Waals surface area contributed by atoms with Gasteiger partial charge in [0.2, 0.25) is 5.91 Å². The molecule has 3 atom stereocenters. The number of halogens is 2. The Morgan fingerprint density at radius 1 is 1.26 bits per heavy atom. The molecule has 1 fully saturated rings. The van der Waals surface area contributed by atoms with Gasteiger partial charge >= 0.3 is 0 Å². The number of benzene rings is 1. The summed E-state index contributed by atoms with van der Waals surface area (Å²) < 4.78 is 0. The second-order valence-corrected chi connectivity index (χ2v) is 6.00. The van der Waals surface area contributed by atoms with Crippen LogP contribution in [0.5, 0.6) is 5.75 Å². The van der Waals surface area contributed by atoms with Crippen LogP contribution in [-0.4, -0.2) is 11.0 Å². The van der Waals surface area contributed by atoms with Crippen LogP contribution < -0.4 is 5.32 Å². The van der Waals surface area contributed by atoms with Gasteiger partial charge in [0.25, 0.3) is 0 Å². The van der Waals surface area contributed by atoms with E-state index < -0.39 is 0 Å². The predicted octanol–water partition coefficient (Wildman–Crippen LogP) is 3.85. The maximum Gasteiger partial charge on any atom is 0.228 e. The molecule has 2 aliphatic carbocycles. The van der Waals surface area contributed by atoms with Gasteiger partial charge in [0.1, 0.15) is 0 Å². The van der Waals surface area contributed by atoms with Crippen molar-refractivity contribution in [3.63, 3.8) is 0 Å². The molecule has 19 heavy (non-hydrogen) atoms. The number of fused-ring (bicyclic) bond motifs is 2. The number of nitrogens with one attached hydrogen (secondary N) is 1. The van der Waals surface area contributed by atoms with E-state index >= 15 is 0 Å². The fourth-order valence-corrected chi connectivity index (χ4v) is 3.46. The van der Waals surface area contributed by atoms with E-state index in [1.807, 2.05) is 0 Å². The molecule has 1 saturated carbocycles. The lowest BCUT2D eigenvalue weighted by molar-refractivity contribution is -0.120. The molecule has 0 heterocycles. The summed E-state index contributed by atoms with van der Waals surface area (Å²) in [6.07, 6.45) is 6.23. The standard InChI is InChI=1S/C14H13Cl2NO2/c15-9-5-11(16)13(18)12(6-9)17-14(19)10-4-7-1-2-8(10)3-7/h1-2,5-8,10,18H,3-4H2,(H,17,19). The van der Waals surface area contributed by atoms with Gasteiger partial charge in [-0.3, -0.25) is 4.79 Å². The Kier molecular flexibility index (Phi) is 3.19.